The maximum Gasteiger partial charge on any atom is 0.329 e. The van der Waals surface area contributed by atoms with Gasteiger partial charge in [0.25, 0.3) is 0 Å². The SMILES string of the molecule is CCOC(=O)C(CSC(C)(C)C)NC(=O)C(N)C(C)C. The minimum Gasteiger partial charge on any atom is -0.464 e. The van der Waals surface area contributed by atoms with E-state index < -0.39 is 18.1 Å². The average molecular weight is 304 g/mol. The molecule has 0 aromatic heterocycles. The number of ether oxygens (including phenoxy) is 1. The number of rotatable bonds is 7. The van der Waals surface area contributed by atoms with E-state index in [0.29, 0.717) is 12.4 Å². The van der Waals surface area contributed by atoms with Crippen LogP contribution >= 0.6 is 11.8 Å². The molecule has 0 saturated carbocycles. The molecule has 20 heavy (non-hydrogen) atoms. The van der Waals surface area contributed by atoms with Crippen molar-refractivity contribution >= 4 is 23.6 Å². The Morgan fingerprint density at radius 2 is 1.85 bits per heavy atom. The fourth-order valence-electron chi connectivity index (χ4n) is 1.32. The molecular formula is C14H28N2O3S. The number of nitrogens with two attached hydrogens (primary N) is 1. The van der Waals surface area contributed by atoms with Crippen LogP contribution in [0, 0.1) is 5.92 Å². The summed E-state index contributed by atoms with van der Waals surface area (Å²) in [6, 6.07) is -1.27. The Balaban J connectivity index is 4.68. The van der Waals surface area contributed by atoms with E-state index in [4.69, 9.17) is 10.5 Å². The molecule has 2 atom stereocenters. The summed E-state index contributed by atoms with van der Waals surface area (Å²) < 4.78 is 5.01. The van der Waals surface area contributed by atoms with E-state index in [-0.39, 0.29) is 16.6 Å². The third-order valence-electron chi connectivity index (χ3n) is 2.59. The van der Waals surface area contributed by atoms with Crippen LogP contribution in [0.15, 0.2) is 0 Å². The molecule has 0 fully saturated rings. The van der Waals surface area contributed by atoms with Gasteiger partial charge < -0.3 is 15.8 Å². The van der Waals surface area contributed by atoms with Crippen molar-refractivity contribution in [3.8, 4) is 0 Å². The number of esters is 1. The first kappa shape index (κ1) is 19.2. The zero-order valence-electron chi connectivity index (χ0n) is 13.4. The van der Waals surface area contributed by atoms with Gasteiger partial charge in [0, 0.05) is 10.5 Å². The van der Waals surface area contributed by atoms with E-state index in [1.807, 2.05) is 13.8 Å². The Labute approximate surface area is 126 Å². The first-order valence-corrected chi connectivity index (χ1v) is 7.93. The van der Waals surface area contributed by atoms with Gasteiger partial charge in [-0.2, -0.15) is 11.8 Å². The van der Waals surface area contributed by atoms with Gasteiger partial charge in [0.2, 0.25) is 5.91 Å². The highest BCUT2D eigenvalue weighted by Gasteiger charge is 2.27. The topological polar surface area (TPSA) is 81.4 Å². The quantitative estimate of drug-likeness (QED) is 0.697. The molecule has 0 aliphatic carbocycles. The highest BCUT2D eigenvalue weighted by molar-refractivity contribution is 8.00. The molecule has 0 aliphatic rings. The van der Waals surface area contributed by atoms with Gasteiger partial charge in [-0.05, 0) is 12.8 Å². The molecule has 0 spiro atoms. The van der Waals surface area contributed by atoms with Crippen molar-refractivity contribution in [1.29, 1.82) is 0 Å². The molecule has 118 valence electrons. The Hall–Kier alpha value is -0.750. The van der Waals surface area contributed by atoms with Gasteiger partial charge in [-0.15, -0.1) is 0 Å². The smallest absolute Gasteiger partial charge is 0.329 e. The molecule has 0 rings (SSSR count). The Bertz CT molecular complexity index is 327. The van der Waals surface area contributed by atoms with Crippen LogP contribution in [0.4, 0.5) is 0 Å². The molecule has 5 nitrogen and oxygen atoms in total. The number of carbonyl (C=O) groups excluding carboxylic acids is 2. The lowest BCUT2D eigenvalue weighted by Crippen LogP contribution is -2.52. The fourth-order valence-corrected chi connectivity index (χ4v) is 2.20. The molecule has 2 unspecified atom stereocenters. The summed E-state index contributed by atoms with van der Waals surface area (Å²) in [7, 11) is 0. The van der Waals surface area contributed by atoms with Crippen LogP contribution < -0.4 is 11.1 Å². The van der Waals surface area contributed by atoms with Gasteiger partial charge in [0.15, 0.2) is 0 Å². The highest BCUT2D eigenvalue weighted by Crippen LogP contribution is 2.24. The summed E-state index contributed by atoms with van der Waals surface area (Å²) in [6.45, 7) is 11.9. The van der Waals surface area contributed by atoms with Gasteiger partial charge in [-0.25, -0.2) is 4.79 Å². The second-order valence-corrected chi connectivity index (χ2v) is 7.85. The second kappa shape index (κ2) is 8.52. The maximum absolute atomic E-state index is 12.0. The summed E-state index contributed by atoms with van der Waals surface area (Å²) >= 11 is 1.60. The van der Waals surface area contributed by atoms with Crippen molar-refractivity contribution < 1.29 is 14.3 Å². The number of thioether (sulfide) groups is 1. The maximum atomic E-state index is 12.0. The minimum atomic E-state index is -0.656. The van der Waals surface area contributed by atoms with Crippen molar-refractivity contribution in [2.24, 2.45) is 11.7 Å². The molecule has 0 saturated heterocycles. The Kier molecular flexibility index (Phi) is 8.20. The van der Waals surface area contributed by atoms with Gasteiger partial charge in [0.1, 0.15) is 6.04 Å². The molecule has 0 radical (unpaired) electrons. The van der Waals surface area contributed by atoms with E-state index in [1.165, 1.54) is 0 Å². The zero-order valence-corrected chi connectivity index (χ0v) is 14.2. The number of amides is 1. The fraction of sp³-hybridized carbons (Fsp3) is 0.857. The third-order valence-corrected chi connectivity index (χ3v) is 3.96. The van der Waals surface area contributed by atoms with Crippen LogP contribution in [0.25, 0.3) is 0 Å². The lowest BCUT2D eigenvalue weighted by atomic mass is 10.0. The van der Waals surface area contributed by atoms with Gasteiger partial charge in [0.05, 0.1) is 12.6 Å². The standard InChI is InChI=1S/C14H28N2O3S/c1-7-19-13(18)10(8-20-14(4,5)6)16-12(17)11(15)9(2)3/h9-11H,7-8,15H2,1-6H3,(H,16,17). The minimum absolute atomic E-state index is 0.00956. The third kappa shape index (κ3) is 7.75. The van der Waals surface area contributed by atoms with Crippen LogP contribution in [0.1, 0.15) is 41.5 Å². The van der Waals surface area contributed by atoms with Gasteiger partial charge >= 0.3 is 5.97 Å². The normalized spacial score (nSPS) is 14.8. The first-order chi connectivity index (χ1) is 9.08. The number of hydrogen-bond donors (Lipinski definition) is 2. The van der Waals surface area contributed by atoms with Gasteiger partial charge in [-0.1, -0.05) is 34.6 Å². The van der Waals surface area contributed by atoms with E-state index in [0.717, 1.165) is 0 Å². The number of carbonyl (C=O) groups is 2. The summed E-state index contributed by atoms with van der Waals surface area (Å²) in [4.78, 5) is 23.9. The monoisotopic (exact) mass is 304 g/mol. The van der Waals surface area contributed by atoms with E-state index in [2.05, 4.69) is 26.1 Å². The van der Waals surface area contributed by atoms with E-state index in [9.17, 15) is 9.59 Å². The Morgan fingerprint density at radius 3 is 2.25 bits per heavy atom. The van der Waals surface area contributed by atoms with Crippen molar-refractivity contribution in [2.75, 3.05) is 12.4 Å². The molecule has 0 heterocycles. The summed E-state index contributed by atoms with van der Waals surface area (Å²) in [5.74, 6) is -0.229. The summed E-state index contributed by atoms with van der Waals surface area (Å²) in [5.41, 5.74) is 5.79. The van der Waals surface area contributed by atoms with Crippen LogP contribution in [-0.4, -0.2) is 41.1 Å². The summed E-state index contributed by atoms with van der Waals surface area (Å²) in [6.07, 6.45) is 0. The molecule has 0 aromatic carbocycles. The molecule has 3 N–H and O–H groups in total. The van der Waals surface area contributed by atoms with Gasteiger partial charge in [-0.3, -0.25) is 4.79 Å². The van der Waals surface area contributed by atoms with Crippen molar-refractivity contribution in [3.63, 3.8) is 0 Å². The van der Waals surface area contributed by atoms with E-state index in [1.54, 1.807) is 18.7 Å². The molecule has 1 amide bonds. The zero-order chi connectivity index (χ0) is 15.9. The predicted octanol–water partition coefficient (Wildman–Crippen LogP) is 1.55. The molecule has 0 aliphatic heterocycles. The largest absolute Gasteiger partial charge is 0.464 e. The predicted molar refractivity (Wildman–Crippen MR) is 83.6 cm³/mol. The highest BCUT2D eigenvalue weighted by atomic mass is 32.2. The van der Waals surface area contributed by atoms with Crippen LogP contribution in [0.3, 0.4) is 0 Å². The van der Waals surface area contributed by atoms with E-state index >= 15 is 0 Å². The lowest BCUT2D eigenvalue weighted by molar-refractivity contribution is -0.146. The molecule has 6 heteroatoms. The van der Waals surface area contributed by atoms with Crippen LogP contribution in [0.2, 0.25) is 0 Å². The first-order valence-electron chi connectivity index (χ1n) is 6.95. The van der Waals surface area contributed by atoms with Crippen molar-refractivity contribution in [2.45, 2.75) is 58.4 Å². The van der Waals surface area contributed by atoms with Crippen LogP contribution in [-0.2, 0) is 14.3 Å². The van der Waals surface area contributed by atoms with Crippen molar-refractivity contribution in [3.05, 3.63) is 0 Å². The van der Waals surface area contributed by atoms with Crippen LogP contribution in [0.5, 0.6) is 0 Å². The average Bonchev–Trinajstić information content (AvgIpc) is 2.31. The summed E-state index contributed by atoms with van der Waals surface area (Å²) in [5, 5.41) is 2.70. The molecular weight excluding hydrogens is 276 g/mol. The number of nitrogens with one attached hydrogen (secondary N) is 1. The molecule has 0 aromatic rings. The number of hydrogen-bond acceptors (Lipinski definition) is 5. The lowest BCUT2D eigenvalue weighted by Gasteiger charge is -2.24. The van der Waals surface area contributed by atoms with Crippen molar-refractivity contribution in [1.82, 2.24) is 5.32 Å². The second-order valence-electron chi connectivity index (χ2n) is 6.01. The Morgan fingerprint density at radius 1 is 1.30 bits per heavy atom. The molecule has 0 bridgehead atoms.